The maximum atomic E-state index is 7.13. The van der Waals surface area contributed by atoms with Crippen LogP contribution in [0.3, 0.4) is 0 Å². The van der Waals surface area contributed by atoms with Gasteiger partial charge in [0.25, 0.3) is 0 Å². The Kier molecular flexibility index (Phi) is 12.1. The van der Waals surface area contributed by atoms with Crippen molar-refractivity contribution in [3.8, 4) is 100 Å². The highest BCUT2D eigenvalue weighted by molar-refractivity contribution is 6.22. The molecule has 0 radical (unpaired) electrons. The zero-order valence-electron chi connectivity index (χ0n) is 63.1. The fourth-order valence-electron chi connectivity index (χ4n) is 22.6. The minimum absolute atomic E-state index is 0.436. The van der Waals surface area contributed by atoms with Gasteiger partial charge in [0.15, 0.2) is 0 Å². The number of benzene rings is 17. The van der Waals surface area contributed by atoms with Crippen LogP contribution in [0.15, 0.2) is 359 Å². The molecule has 3 aromatic heterocycles. The lowest BCUT2D eigenvalue weighted by Gasteiger charge is -2.33. The first kappa shape index (κ1) is 62.7. The van der Waals surface area contributed by atoms with Gasteiger partial charge < -0.3 is 18.2 Å². The predicted octanol–water partition coefficient (Wildman–Crippen LogP) is 29.2. The second kappa shape index (κ2) is 21.9. The second-order valence-corrected chi connectivity index (χ2v) is 33.5. The third-order valence-corrected chi connectivity index (χ3v) is 27.5. The molecule has 0 amide bonds. The van der Waals surface area contributed by atoms with E-state index in [9.17, 15) is 0 Å². The van der Waals surface area contributed by atoms with Gasteiger partial charge in [0.1, 0.15) is 33.5 Å². The maximum absolute atomic E-state index is 7.13. The van der Waals surface area contributed by atoms with E-state index >= 15 is 0 Å². The maximum Gasteiger partial charge on any atom is 0.143 e. The van der Waals surface area contributed by atoms with Crippen molar-refractivity contribution in [3.63, 3.8) is 0 Å². The molecular weight excluding hydrogens is 1380 g/mol. The number of para-hydroxylation sites is 3. The molecule has 0 saturated carbocycles. The molecule has 20 aromatic rings. The van der Waals surface area contributed by atoms with Crippen molar-refractivity contribution in [1.82, 2.24) is 0 Å². The fraction of sp³-hybridized carbons (Fsp3) is 0.0727. The van der Waals surface area contributed by atoms with Gasteiger partial charge in [-0.1, -0.05) is 289 Å². The van der Waals surface area contributed by atoms with Gasteiger partial charge >= 0.3 is 0 Å². The molecule has 4 nitrogen and oxygen atoms in total. The summed E-state index contributed by atoms with van der Waals surface area (Å²) in [6.45, 7) is 9.75. The highest BCUT2D eigenvalue weighted by Gasteiger charge is 2.57. The van der Waals surface area contributed by atoms with Crippen molar-refractivity contribution >= 4 is 82.9 Å². The first-order chi connectivity index (χ1) is 56.0. The summed E-state index contributed by atoms with van der Waals surface area (Å²) in [5.74, 6) is 0. The fourth-order valence-corrected chi connectivity index (χ4v) is 22.6. The molecule has 0 atom stereocenters. The Morgan fingerprint density at radius 2 is 0.544 bits per heavy atom. The Morgan fingerprint density at radius 3 is 1.05 bits per heavy atom. The summed E-state index contributed by atoms with van der Waals surface area (Å²) < 4.78 is 21.1. The Morgan fingerprint density at radius 1 is 0.202 bits per heavy atom. The molecule has 0 bridgehead atoms. The summed E-state index contributed by atoms with van der Waals surface area (Å²) in [6.07, 6.45) is 0. The van der Waals surface area contributed by atoms with Crippen LogP contribution in [0.1, 0.15) is 94.5 Å². The number of hydrogen-bond donors (Lipinski definition) is 0. The van der Waals surface area contributed by atoms with E-state index in [2.05, 4.69) is 378 Å². The van der Waals surface area contributed by atoms with Crippen molar-refractivity contribution < 1.29 is 13.3 Å². The van der Waals surface area contributed by atoms with Gasteiger partial charge in [-0.05, 0) is 241 Å². The highest BCUT2D eigenvalue weighted by atomic mass is 16.3. The average Bonchev–Trinajstić information content (AvgIpc) is 1.48. The molecule has 0 unspecified atom stereocenters. The number of furan rings is 3. The number of anilines is 3. The summed E-state index contributed by atoms with van der Waals surface area (Å²) in [5, 5.41) is 6.85. The molecule has 6 aliphatic rings. The number of fused-ring (bicyclic) bond motifs is 38. The first-order valence-electron chi connectivity index (χ1n) is 40.0. The normalized spacial score (nSPS) is 14.9. The van der Waals surface area contributed by atoms with Crippen LogP contribution in [0.25, 0.3) is 166 Å². The van der Waals surface area contributed by atoms with Crippen molar-refractivity contribution in [2.45, 2.75) is 49.4 Å². The molecule has 532 valence electrons. The van der Waals surface area contributed by atoms with Crippen LogP contribution in [-0.4, -0.2) is 0 Å². The summed E-state index contributed by atoms with van der Waals surface area (Å²) in [7, 11) is 0. The third-order valence-electron chi connectivity index (χ3n) is 27.5. The van der Waals surface area contributed by atoms with E-state index in [-0.39, 0.29) is 0 Å². The Balaban J connectivity index is 0.731. The topological polar surface area (TPSA) is 42.7 Å². The Hall–Kier alpha value is -14.1. The van der Waals surface area contributed by atoms with E-state index in [1.807, 2.05) is 0 Å². The zero-order chi connectivity index (χ0) is 75.0. The van der Waals surface area contributed by atoms with Gasteiger partial charge in [-0.25, -0.2) is 0 Å². The van der Waals surface area contributed by atoms with Gasteiger partial charge in [0.2, 0.25) is 0 Å². The van der Waals surface area contributed by atoms with Crippen LogP contribution in [0, 0.1) is 0 Å². The lowest BCUT2D eigenvalue weighted by Crippen LogP contribution is -2.27. The molecule has 114 heavy (non-hydrogen) atoms. The standard InChI is InChI=1S/C110H69NO3/c1-107(2)88-55-66(48-51-74(88)99-93(107)58-79(64-27-9-6-10-28-64)105-103(99)77-34-16-23-41-96(77)113-105)111(67-49-52-75-89(56-67)108(3,4)94-59-80(65-45-43-63(44-46-65)62-25-7-5-8-26-62)106-104(100(75)94)78-35-17-24-42-97(78)114-106)68-47-50-73-81-60-92-82(61-91(81)110(90(73)57-68)85-38-20-13-31-71(85)72-32-14-21-39-86(72)110)101-87(53-54-98-102(101)76-33-15-22-40-95(76)112-98)109(92)83-36-18-11-29-69(83)70-30-12-19-37-84(70)109/h5-61H,1-4H3. The van der Waals surface area contributed by atoms with E-state index in [1.54, 1.807) is 0 Å². The number of rotatable bonds is 6. The molecule has 26 rings (SSSR count). The van der Waals surface area contributed by atoms with Gasteiger partial charge in [-0.3, -0.25) is 0 Å². The largest absolute Gasteiger partial charge is 0.456 e. The molecule has 17 aromatic carbocycles. The lowest BCUT2D eigenvalue weighted by molar-refractivity contribution is 0.657. The van der Waals surface area contributed by atoms with Gasteiger partial charge in [0, 0.05) is 71.3 Å². The van der Waals surface area contributed by atoms with Crippen molar-refractivity contribution in [2.24, 2.45) is 0 Å². The molecule has 0 saturated heterocycles. The third kappa shape index (κ3) is 7.74. The molecule has 0 N–H and O–H groups in total. The lowest BCUT2D eigenvalue weighted by atomic mass is 9.68. The van der Waals surface area contributed by atoms with Gasteiger partial charge in [0.05, 0.1) is 10.8 Å². The minimum Gasteiger partial charge on any atom is -0.456 e. The van der Waals surface area contributed by atoms with E-state index in [4.69, 9.17) is 13.3 Å². The molecule has 4 heteroatoms. The van der Waals surface area contributed by atoms with Gasteiger partial charge in [-0.2, -0.15) is 0 Å². The predicted molar refractivity (Wildman–Crippen MR) is 467 cm³/mol. The molecule has 0 aliphatic heterocycles. The molecule has 0 fully saturated rings. The molecule has 6 aliphatic carbocycles. The minimum atomic E-state index is -0.751. The number of hydrogen-bond acceptors (Lipinski definition) is 4. The molecule has 3 heterocycles. The monoisotopic (exact) mass is 1450 g/mol. The average molecular weight is 1450 g/mol. The summed E-state index contributed by atoms with van der Waals surface area (Å²) in [4.78, 5) is 2.60. The van der Waals surface area contributed by atoms with E-state index in [0.717, 1.165) is 105 Å². The quantitative estimate of drug-likeness (QED) is 0.166. The second-order valence-electron chi connectivity index (χ2n) is 33.5. The first-order valence-corrected chi connectivity index (χ1v) is 40.0. The van der Waals surface area contributed by atoms with E-state index in [0.29, 0.717) is 0 Å². The smallest absolute Gasteiger partial charge is 0.143 e. The van der Waals surface area contributed by atoms with Crippen LogP contribution in [0.2, 0.25) is 0 Å². The van der Waals surface area contributed by atoms with Crippen LogP contribution < -0.4 is 4.90 Å². The SMILES string of the molecule is CC1(C)c2cc(N(c3ccc4c(c3)C(C)(C)c3cc(-c5ccc(-c6ccccc6)cc5)c5oc6ccccc6c5c3-4)c3ccc4c(c3)C3(c5ccccc5-c5ccccc53)c3cc5c(cc3-4)C3(c4ccccc4-c4ccccc43)c3ccc4oc6ccccc6c4c3-5)ccc2-c2c1cc(-c1ccccc1)c1oc3ccccc3c21. The van der Waals surface area contributed by atoms with E-state index in [1.165, 1.54) is 145 Å². The van der Waals surface area contributed by atoms with Crippen molar-refractivity contribution in [3.05, 3.63) is 413 Å². The summed E-state index contributed by atoms with van der Waals surface area (Å²) in [6, 6.07) is 131. The van der Waals surface area contributed by atoms with Crippen molar-refractivity contribution in [1.29, 1.82) is 0 Å². The number of nitrogens with zero attached hydrogens (tertiary/aromatic N) is 1. The zero-order valence-corrected chi connectivity index (χ0v) is 63.1. The van der Waals surface area contributed by atoms with Crippen molar-refractivity contribution in [2.75, 3.05) is 4.90 Å². The Bertz CT molecular complexity index is 7640. The van der Waals surface area contributed by atoms with E-state index < -0.39 is 21.7 Å². The summed E-state index contributed by atoms with van der Waals surface area (Å²) in [5.41, 5.74) is 43.6. The molecule has 2 spiro atoms. The summed E-state index contributed by atoms with van der Waals surface area (Å²) >= 11 is 0. The highest BCUT2D eigenvalue weighted by Crippen LogP contribution is 2.70. The van der Waals surface area contributed by atoms with Crippen LogP contribution in [-0.2, 0) is 21.7 Å². The van der Waals surface area contributed by atoms with Crippen LogP contribution in [0.4, 0.5) is 17.1 Å². The Labute approximate surface area is 658 Å². The van der Waals surface area contributed by atoms with Gasteiger partial charge in [-0.15, -0.1) is 0 Å². The van der Waals surface area contributed by atoms with Crippen LogP contribution >= 0.6 is 0 Å². The molecular formula is C110H69NO3. The van der Waals surface area contributed by atoms with Crippen LogP contribution in [0.5, 0.6) is 0 Å².